The van der Waals surface area contributed by atoms with Crippen LogP contribution in [0.3, 0.4) is 0 Å². The highest BCUT2D eigenvalue weighted by Gasteiger charge is 2.14. The SMILES string of the molecule is Cc1cc(Br)c(C(Cl)Cc2ccc(F)cc2)cc1Br. The maximum absolute atomic E-state index is 12.9. The van der Waals surface area contributed by atoms with Crippen LogP contribution in [-0.4, -0.2) is 0 Å². The number of alkyl halides is 1. The summed E-state index contributed by atoms with van der Waals surface area (Å²) in [5.41, 5.74) is 3.20. The normalized spacial score (nSPS) is 12.5. The molecule has 0 aromatic heterocycles. The molecule has 1 unspecified atom stereocenters. The standard InChI is InChI=1S/C15H12Br2ClF/c1-9-6-14(17)12(8-13(9)16)15(18)7-10-2-4-11(19)5-3-10/h2-6,8,15H,7H2,1H3. The minimum Gasteiger partial charge on any atom is -0.207 e. The fourth-order valence-corrected chi connectivity index (χ4v) is 3.42. The van der Waals surface area contributed by atoms with Gasteiger partial charge in [0.1, 0.15) is 5.82 Å². The molecule has 4 heteroatoms. The molecule has 0 amide bonds. The Morgan fingerprint density at radius 2 is 1.74 bits per heavy atom. The van der Waals surface area contributed by atoms with E-state index in [1.165, 1.54) is 12.1 Å². The van der Waals surface area contributed by atoms with Crippen LogP contribution in [0.15, 0.2) is 45.3 Å². The molecule has 0 aliphatic heterocycles. The maximum Gasteiger partial charge on any atom is 0.123 e. The summed E-state index contributed by atoms with van der Waals surface area (Å²) < 4.78 is 14.9. The molecule has 2 aromatic rings. The van der Waals surface area contributed by atoms with Crippen molar-refractivity contribution in [2.24, 2.45) is 0 Å². The Hall–Kier alpha value is -0.380. The third kappa shape index (κ3) is 3.80. The highest BCUT2D eigenvalue weighted by molar-refractivity contribution is 9.11. The van der Waals surface area contributed by atoms with Crippen LogP contribution in [0.2, 0.25) is 0 Å². The molecule has 0 saturated heterocycles. The predicted octanol–water partition coefficient (Wildman–Crippen LogP) is 6.18. The molecule has 100 valence electrons. The fourth-order valence-electron chi connectivity index (χ4n) is 1.84. The number of halogens is 4. The maximum atomic E-state index is 12.9. The third-order valence-corrected chi connectivity index (χ3v) is 4.87. The number of hydrogen-bond acceptors (Lipinski definition) is 0. The Morgan fingerprint density at radius 1 is 1.11 bits per heavy atom. The van der Waals surface area contributed by atoms with E-state index in [0.717, 1.165) is 25.6 Å². The van der Waals surface area contributed by atoms with Crippen LogP contribution in [0.4, 0.5) is 4.39 Å². The molecule has 0 fully saturated rings. The van der Waals surface area contributed by atoms with Crippen LogP contribution in [0.5, 0.6) is 0 Å². The molecule has 0 N–H and O–H groups in total. The molecular formula is C15H12Br2ClF. The van der Waals surface area contributed by atoms with Gasteiger partial charge in [0.15, 0.2) is 0 Å². The summed E-state index contributed by atoms with van der Waals surface area (Å²) in [6.45, 7) is 2.03. The van der Waals surface area contributed by atoms with Gasteiger partial charge in [0.25, 0.3) is 0 Å². The Morgan fingerprint density at radius 3 is 2.37 bits per heavy atom. The Labute approximate surface area is 134 Å². The topological polar surface area (TPSA) is 0 Å². The van der Waals surface area contributed by atoms with Crippen LogP contribution in [-0.2, 0) is 6.42 Å². The zero-order valence-corrected chi connectivity index (χ0v) is 14.2. The summed E-state index contributed by atoms with van der Waals surface area (Å²) >= 11 is 13.5. The summed E-state index contributed by atoms with van der Waals surface area (Å²) in [7, 11) is 0. The average Bonchev–Trinajstić information content (AvgIpc) is 2.36. The molecule has 0 bridgehead atoms. The van der Waals surface area contributed by atoms with Gasteiger partial charge in [-0.3, -0.25) is 0 Å². The first-order valence-electron chi connectivity index (χ1n) is 5.81. The van der Waals surface area contributed by atoms with Crippen LogP contribution < -0.4 is 0 Å². The van der Waals surface area contributed by atoms with Gasteiger partial charge in [-0.05, 0) is 54.3 Å². The minimum absolute atomic E-state index is 0.156. The molecule has 0 spiro atoms. The summed E-state index contributed by atoms with van der Waals surface area (Å²) in [6.07, 6.45) is 0.663. The van der Waals surface area contributed by atoms with Crippen LogP contribution in [0, 0.1) is 12.7 Å². The number of benzene rings is 2. The van der Waals surface area contributed by atoms with Gasteiger partial charge in [-0.2, -0.15) is 0 Å². The first kappa shape index (κ1) is 15.0. The van der Waals surface area contributed by atoms with E-state index in [1.807, 2.05) is 19.1 Å². The number of rotatable bonds is 3. The summed E-state index contributed by atoms with van der Waals surface area (Å²) in [5, 5.41) is -0.156. The van der Waals surface area contributed by atoms with E-state index >= 15 is 0 Å². The lowest BCUT2D eigenvalue weighted by molar-refractivity contribution is 0.627. The van der Waals surface area contributed by atoms with Gasteiger partial charge >= 0.3 is 0 Å². The molecule has 19 heavy (non-hydrogen) atoms. The van der Waals surface area contributed by atoms with E-state index in [2.05, 4.69) is 31.9 Å². The lowest BCUT2D eigenvalue weighted by Gasteiger charge is -2.14. The fraction of sp³-hybridized carbons (Fsp3) is 0.200. The predicted molar refractivity (Wildman–Crippen MR) is 85.3 cm³/mol. The Balaban J connectivity index is 2.22. The smallest absolute Gasteiger partial charge is 0.123 e. The van der Waals surface area contributed by atoms with E-state index in [-0.39, 0.29) is 11.2 Å². The van der Waals surface area contributed by atoms with Gasteiger partial charge in [-0.25, -0.2) is 4.39 Å². The molecule has 0 saturated carbocycles. The zero-order valence-electron chi connectivity index (χ0n) is 10.3. The van der Waals surface area contributed by atoms with Crippen molar-refractivity contribution in [1.29, 1.82) is 0 Å². The molecule has 0 nitrogen and oxygen atoms in total. The quantitative estimate of drug-likeness (QED) is 0.534. The molecule has 0 heterocycles. The van der Waals surface area contributed by atoms with E-state index in [1.54, 1.807) is 12.1 Å². The molecular weight excluding hydrogens is 394 g/mol. The molecule has 1 atom stereocenters. The van der Waals surface area contributed by atoms with Crippen molar-refractivity contribution in [2.75, 3.05) is 0 Å². The first-order valence-corrected chi connectivity index (χ1v) is 7.83. The second-order valence-corrected chi connectivity index (χ2v) is 6.66. The second-order valence-electron chi connectivity index (χ2n) is 4.42. The zero-order chi connectivity index (χ0) is 14.0. The van der Waals surface area contributed by atoms with Crippen molar-refractivity contribution >= 4 is 43.5 Å². The first-order chi connectivity index (χ1) is 8.97. The third-order valence-electron chi connectivity index (χ3n) is 2.94. The Kier molecular flexibility index (Phi) is 5.04. The van der Waals surface area contributed by atoms with Crippen LogP contribution >= 0.6 is 43.5 Å². The van der Waals surface area contributed by atoms with Crippen molar-refractivity contribution < 1.29 is 4.39 Å². The molecule has 2 aromatic carbocycles. The van der Waals surface area contributed by atoms with E-state index in [0.29, 0.717) is 6.42 Å². The molecule has 2 rings (SSSR count). The van der Waals surface area contributed by atoms with Crippen molar-refractivity contribution in [3.63, 3.8) is 0 Å². The highest BCUT2D eigenvalue weighted by Crippen LogP contribution is 2.34. The van der Waals surface area contributed by atoms with Gasteiger partial charge in [0.05, 0.1) is 5.38 Å². The monoisotopic (exact) mass is 404 g/mol. The highest BCUT2D eigenvalue weighted by atomic mass is 79.9. The minimum atomic E-state index is -0.228. The largest absolute Gasteiger partial charge is 0.207 e. The van der Waals surface area contributed by atoms with Crippen LogP contribution in [0.1, 0.15) is 22.1 Å². The average molecular weight is 407 g/mol. The van der Waals surface area contributed by atoms with Crippen molar-refractivity contribution in [3.8, 4) is 0 Å². The van der Waals surface area contributed by atoms with Gasteiger partial charge in [0.2, 0.25) is 0 Å². The van der Waals surface area contributed by atoms with Crippen LogP contribution in [0.25, 0.3) is 0 Å². The number of aryl methyl sites for hydroxylation is 1. The summed E-state index contributed by atoms with van der Waals surface area (Å²) in [6, 6.07) is 10.5. The summed E-state index contributed by atoms with van der Waals surface area (Å²) in [4.78, 5) is 0. The van der Waals surface area contributed by atoms with Gasteiger partial charge in [-0.1, -0.05) is 44.0 Å². The van der Waals surface area contributed by atoms with E-state index < -0.39 is 0 Å². The Bertz CT molecular complexity index is 581. The van der Waals surface area contributed by atoms with E-state index in [9.17, 15) is 4.39 Å². The van der Waals surface area contributed by atoms with Gasteiger partial charge < -0.3 is 0 Å². The molecule has 0 aliphatic rings. The molecule has 0 radical (unpaired) electrons. The summed E-state index contributed by atoms with van der Waals surface area (Å²) in [5.74, 6) is -0.228. The van der Waals surface area contributed by atoms with Crippen molar-refractivity contribution in [2.45, 2.75) is 18.7 Å². The molecule has 0 aliphatic carbocycles. The van der Waals surface area contributed by atoms with E-state index in [4.69, 9.17) is 11.6 Å². The number of hydrogen-bond donors (Lipinski definition) is 0. The van der Waals surface area contributed by atoms with Crippen molar-refractivity contribution in [3.05, 3.63) is 67.9 Å². The van der Waals surface area contributed by atoms with Gasteiger partial charge in [-0.15, -0.1) is 11.6 Å². The second kappa shape index (κ2) is 6.38. The lowest BCUT2D eigenvalue weighted by atomic mass is 10.0. The lowest BCUT2D eigenvalue weighted by Crippen LogP contribution is -1.98. The van der Waals surface area contributed by atoms with Crippen molar-refractivity contribution in [1.82, 2.24) is 0 Å². The van der Waals surface area contributed by atoms with Gasteiger partial charge in [0, 0.05) is 8.95 Å².